The van der Waals surface area contributed by atoms with E-state index in [9.17, 15) is 8.42 Å². The van der Waals surface area contributed by atoms with Crippen LogP contribution in [0.2, 0.25) is 0 Å². The van der Waals surface area contributed by atoms with Gasteiger partial charge in [0.05, 0.1) is 32.2 Å². The zero-order valence-corrected chi connectivity index (χ0v) is 24.9. The van der Waals surface area contributed by atoms with Crippen LogP contribution in [0.3, 0.4) is 0 Å². The van der Waals surface area contributed by atoms with E-state index >= 15 is 0 Å². The Balaban J connectivity index is 1.29. The van der Waals surface area contributed by atoms with Gasteiger partial charge in [0.15, 0.2) is 0 Å². The summed E-state index contributed by atoms with van der Waals surface area (Å²) >= 11 is 0. The normalized spacial score (nSPS) is 13.4. The number of para-hydroxylation sites is 2. The van der Waals surface area contributed by atoms with Crippen LogP contribution >= 0.6 is 0 Å². The zero-order chi connectivity index (χ0) is 30.7. The fraction of sp³-hybridized carbons (Fsp3) is 0. The Morgan fingerprint density at radius 2 is 1.07 bits per heavy atom. The Kier molecular flexibility index (Phi) is 6.04. The monoisotopic (exact) mass is 602 g/mol. The van der Waals surface area contributed by atoms with Crippen LogP contribution in [0, 0.1) is 0 Å². The van der Waals surface area contributed by atoms with Crippen molar-refractivity contribution in [2.45, 2.75) is 9.79 Å². The standard InChI is InChI=1S/C38H26N4O2S/c1-3-25-13-15-31-29(21-25)30-22-26(4-2)14-16-32(30)41(31)37-23-27(17-19-39-37)28-18-20-40-38(24-28)42-33-9-5-7-11-35(33)45(43,44)36-12-8-6-10-34(36)42/h3-24H,1-2H2. The van der Waals surface area contributed by atoms with Crippen molar-refractivity contribution >= 4 is 61.0 Å². The van der Waals surface area contributed by atoms with Gasteiger partial charge in [-0.3, -0.25) is 9.47 Å². The highest BCUT2D eigenvalue weighted by Gasteiger charge is 2.35. The van der Waals surface area contributed by atoms with E-state index in [2.05, 4.69) is 60.2 Å². The van der Waals surface area contributed by atoms with E-state index in [1.807, 2.05) is 65.7 Å². The molecule has 7 heteroatoms. The average Bonchev–Trinajstić information content (AvgIpc) is 3.41. The first kappa shape index (κ1) is 26.8. The third kappa shape index (κ3) is 4.12. The van der Waals surface area contributed by atoms with Crippen molar-refractivity contribution in [3.05, 3.63) is 146 Å². The number of anilines is 3. The van der Waals surface area contributed by atoms with E-state index in [-0.39, 0.29) is 9.79 Å². The molecule has 3 aromatic heterocycles. The van der Waals surface area contributed by atoms with Crippen molar-refractivity contribution in [2.75, 3.05) is 4.90 Å². The molecule has 0 saturated carbocycles. The number of benzene rings is 4. The van der Waals surface area contributed by atoms with Crippen LogP contribution in [0.5, 0.6) is 0 Å². The molecule has 1 aliphatic rings. The summed E-state index contributed by atoms with van der Waals surface area (Å²) in [7, 11) is -3.67. The Hall–Kier alpha value is -5.79. The third-order valence-corrected chi connectivity index (χ3v) is 10.2. The number of hydrogen-bond acceptors (Lipinski definition) is 5. The van der Waals surface area contributed by atoms with Gasteiger partial charge >= 0.3 is 0 Å². The van der Waals surface area contributed by atoms with Crippen LogP contribution in [0.1, 0.15) is 11.1 Å². The lowest BCUT2D eigenvalue weighted by atomic mass is 10.1. The van der Waals surface area contributed by atoms with E-state index in [1.165, 1.54) is 0 Å². The molecule has 1 aliphatic heterocycles. The SMILES string of the molecule is C=Cc1ccc2c(c1)c1cc(C=C)ccc1n2-c1cc(-c2ccnc(N3c4ccccc4S(=O)(=O)c4ccccc43)c2)ccn1. The first-order chi connectivity index (χ1) is 22.0. The maximum atomic E-state index is 13.5. The minimum absolute atomic E-state index is 0.257. The van der Waals surface area contributed by atoms with Crippen LogP contribution in [0.4, 0.5) is 17.2 Å². The first-order valence-electron chi connectivity index (χ1n) is 14.5. The predicted molar refractivity (Wildman–Crippen MR) is 182 cm³/mol. The second-order valence-corrected chi connectivity index (χ2v) is 12.8. The van der Waals surface area contributed by atoms with Gasteiger partial charge < -0.3 is 0 Å². The molecule has 45 heavy (non-hydrogen) atoms. The largest absolute Gasteiger partial charge is 0.294 e. The highest BCUT2D eigenvalue weighted by molar-refractivity contribution is 7.92. The van der Waals surface area contributed by atoms with Crippen LogP contribution in [0.15, 0.2) is 145 Å². The van der Waals surface area contributed by atoms with Gasteiger partial charge in [-0.15, -0.1) is 0 Å². The van der Waals surface area contributed by atoms with Gasteiger partial charge in [0, 0.05) is 23.2 Å². The number of rotatable bonds is 5. The minimum atomic E-state index is -3.67. The number of nitrogens with zero attached hydrogens (tertiary/aromatic N) is 4. The molecule has 0 radical (unpaired) electrons. The summed E-state index contributed by atoms with van der Waals surface area (Å²) in [5.41, 5.74) is 7.19. The summed E-state index contributed by atoms with van der Waals surface area (Å²) in [6, 6.07) is 34.8. The van der Waals surface area contributed by atoms with E-state index < -0.39 is 9.84 Å². The molecule has 0 saturated heterocycles. The minimum Gasteiger partial charge on any atom is -0.294 e. The highest BCUT2D eigenvalue weighted by atomic mass is 32.2. The fourth-order valence-corrected chi connectivity index (χ4v) is 7.85. The molecule has 0 bridgehead atoms. The zero-order valence-electron chi connectivity index (χ0n) is 24.1. The van der Waals surface area contributed by atoms with E-state index in [4.69, 9.17) is 9.97 Å². The predicted octanol–water partition coefficient (Wildman–Crippen LogP) is 9.14. The van der Waals surface area contributed by atoms with Crippen LogP contribution in [-0.4, -0.2) is 23.0 Å². The third-order valence-electron chi connectivity index (χ3n) is 8.36. The highest BCUT2D eigenvalue weighted by Crippen LogP contribution is 2.47. The second kappa shape index (κ2) is 10.1. The number of aromatic nitrogens is 3. The molecule has 0 unspecified atom stereocenters. The molecule has 0 amide bonds. The average molecular weight is 603 g/mol. The van der Waals surface area contributed by atoms with Crippen molar-refractivity contribution in [3.63, 3.8) is 0 Å². The van der Waals surface area contributed by atoms with E-state index in [0.717, 1.165) is 49.9 Å². The van der Waals surface area contributed by atoms with E-state index in [1.54, 1.807) is 30.5 Å². The van der Waals surface area contributed by atoms with Crippen LogP contribution in [-0.2, 0) is 9.84 Å². The molecule has 0 N–H and O–H groups in total. The lowest BCUT2D eigenvalue weighted by Crippen LogP contribution is -2.22. The molecule has 8 rings (SSSR count). The molecule has 0 fully saturated rings. The van der Waals surface area contributed by atoms with Crippen molar-refractivity contribution in [2.24, 2.45) is 0 Å². The van der Waals surface area contributed by atoms with Gasteiger partial charge in [-0.1, -0.05) is 61.7 Å². The van der Waals surface area contributed by atoms with Crippen molar-refractivity contribution in [1.29, 1.82) is 0 Å². The Labute approximate surface area is 260 Å². The lowest BCUT2D eigenvalue weighted by Gasteiger charge is -2.32. The summed E-state index contributed by atoms with van der Waals surface area (Å²) in [6.45, 7) is 7.92. The maximum Gasteiger partial charge on any atom is 0.210 e. The van der Waals surface area contributed by atoms with E-state index in [0.29, 0.717) is 17.2 Å². The Morgan fingerprint density at radius 1 is 0.578 bits per heavy atom. The van der Waals surface area contributed by atoms with Crippen LogP contribution in [0.25, 0.3) is 50.9 Å². The quantitative estimate of drug-likeness (QED) is 0.197. The molecule has 0 spiro atoms. The maximum absolute atomic E-state index is 13.5. The van der Waals surface area contributed by atoms with Gasteiger partial charge in [-0.05, 0) is 95.1 Å². The second-order valence-electron chi connectivity index (χ2n) is 10.9. The summed E-state index contributed by atoms with van der Waals surface area (Å²) < 4.78 is 29.2. The van der Waals surface area contributed by atoms with Gasteiger partial charge in [0.1, 0.15) is 11.6 Å². The topological polar surface area (TPSA) is 68.1 Å². The summed E-state index contributed by atoms with van der Waals surface area (Å²) in [5, 5.41) is 2.23. The smallest absolute Gasteiger partial charge is 0.210 e. The molecule has 0 aliphatic carbocycles. The van der Waals surface area contributed by atoms with Crippen molar-refractivity contribution in [1.82, 2.24) is 14.5 Å². The number of pyridine rings is 2. The molecular weight excluding hydrogens is 577 g/mol. The molecule has 7 aromatic rings. The lowest BCUT2D eigenvalue weighted by molar-refractivity contribution is 0.595. The molecule has 4 heterocycles. The molecule has 6 nitrogen and oxygen atoms in total. The Morgan fingerprint density at radius 3 is 1.60 bits per heavy atom. The fourth-order valence-electron chi connectivity index (χ4n) is 6.23. The molecule has 0 atom stereocenters. The summed E-state index contributed by atoms with van der Waals surface area (Å²) in [4.78, 5) is 12.0. The van der Waals surface area contributed by atoms with Gasteiger partial charge in [0.25, 0.3) is 0 Å². The number of hydrogen-bond donors (Lipinski definition) is 0. The number of sulfone groups is 1. The van der Waals surface area contributed by atoms with Crippen molar-refractivity contribution < 1.29 is 8.42 Å². The molecule has 4 aromatic carbocycles. The van der Waals surface area contributed by atoms with Crippen molar-refractivity contribution in [3.8, 4) is 16.9 Å². The molecule has 216 valence electrons. The summed E-state index contributed by atoms with van der Waals surface area (Å²) in [5.74, 6) is 1.40. The summed E-state index contributed by atoms with van der Waals surface area (Å²) in [6.07, 6.45) is 7.28. The molecular formula is C38H26N4O2S. The van der Waals surface area contributed by atoms with Gasteiger partial charge in [0.2, 0.25) is 9.84 Å². The van der Waals surface area contributed by atoms with Gasteiger partial charge in [-0.25, -0.2) is 18.4 Å². The number of fused-ring (bicyclic) bond motifs is 5. The van der Waals surface area contributed by atoms with Crippen LogP contribution < -0.4 is 4.90 Å². The Bertz CT molecular complexity index is 2340. The first-order valence-corrected chi connectivity index (χ1v) is 16.0. The van der Waals surface area contributed by atoms with Gasteiger partial charge in [-0.2, -0.15) is 0 Å².